The Balaban J connectivity index is 2.50. The molecule has 0 atom stereocenters. The van der Waals surface area contributed by atoms with Gasteiger partial charge in [0, 0.05) is 19.0 Å². The number of carbonyl (C=O) groups excluding carboxylic acids is 1. The van der Waals surface area contributed by atoms with E-state index < -0.39 is 0 Å². The molecular weight excluding hydrogens is 204 g/mol. The molecule has 5 heteroatoms. The lowest BCUT2D eigenvalue weighted by molar-refractivity contribution is -0.114. The number of hydrogen-bond donors (Lipinski definition) is 1. The molecule has 0 saturated carbocycles. The van der Waals surface area contributed by atoms with Crippen LogP contribution in [0.4, 0.5) is 5.69 Å². The number of rotatable bonds is 2. The zero-order valence-electron chi connectivity index (χ0n) is 9.56. The smallest absolute Gasteiger partial charge is 0.221 e. The van der Waals surface area contributed by atoms with Crippen LogP contribution in [0.2, 0.25) is 0 Å². The molecule has 16 heavy (non-hydrogen) atoms. The minimum Gasteiger partial charge on any atom is -0.325 e. The van der Waals surface area contributed by atoms with Gasteiger partial charge in [0.15, 0.2) is 5.65 Å². The van der Waals surface area contributed by atoms with Crippen molar-refractivity contribution >= 4 is 17.2 Å². The van der Waals surface area contributed by atoms with Crippen LogP contribution < -0.4 is 5.32 Å². The maximum absolute atomic E-state index is 11.0. The average Bonchev–Trinajstić information content (AvgIpc) is 2.59. The van der Waals surface area contributed by atoms with E-state index in [0.29, 0.717) is 5.92 Å². The van der Waals surface area contributed by atoms with Gasteiger partial charge in [-0.25, -0.2) is 0 Å². The van der Waals surface area contributed by atoms with E-state index in [9.17, 15) is 4.79 Å². The average molecular weight is 218 g/mol. The third kappa shape index (κ3) is 1.88. The van der Waals surface area contributed by atoms with Gasteiger partial charge in [-0.1, -0.05) is 13.8 Å². The normalized spacial score (nSPS) is 11.0. The molecular formula is C11H14N4O. The Labute approximate surface area is 93.5 Å². The summed E-state index contributed by atoms with van der Waals surface area (Å²) < 4.78 is 1.90. The Morgan fingerprint density at radius 3 is 2.75 bits per heavy atom. The number of fused-ring (bicyclic) bond motifs is 1. The summed E-state index contributed by atoms with van der Waals surface area (Å²) in [6.45, 7) is 5.60. The summed E-state index contributed by atoms with van der Waals surface area (Å²) in [4.78, 5) is 11.0. The van der Waals surface area contributed by atoms with Gasteiger partial charge in [-0.05, 0) is 12.1 Å². The Bertz CT molecular complexity index is 530. The quantitative estimate of drug-likeness (QED) is 0.836. The van der Waals surface area contributed by atoms with Crippen molar-refractivity contribution in [3.05, 3.63) is 24.2 Å². The SMILES string of the molecule is CC(=O)Nc1ccc2nnc(C(C)C)n2c1. The van der Waals surface area contributed by atoms with Crippen LogP contribution in [0.15, 0.2) is 18.3 Å². The second-order valence-electron chi connectivity index (χ2n) is 4.04. The molecule has 0 saturated heterocycles. The lowest BCUT2D eigenvalue weighted by Gasteiger charge is -2.05. The first-order chi connectivity index (χ1) is 7.58. The number of aromatic nitrogens is 3. The summed E-state index contributed by atoms with van der Waals surface area (Å²) in [6.07, 6.45) is 1.84. The van der Waals surface area contributed by atoms with E-state index in [2.05, 4.69) is 29.4 Å². The number of nitrogens with zero attached hydrogens (tertiary/aromatic N) is 3. The van der Waals surface area contributed by atoms with Crippen LogP contribution >= 0.6 is 0 Å². The fourth-order valence-corrected chi connectivity index (χ4v) is 1.58. The third-order valence-corrected chi connectivity index (χ3v) is 2.27. The first-order valence-electron chi connectivity index (χ1n) is 5.20. The highest BCUT2D eigenvalue weighted by Gasteiger charge is 2.09. The Morgan fingerprint density at radius 1 is 1.38 bits per heavy atom. The van der Waals surface area contributed by atoms with Gasteiger partial charge in [-0.3, -0.25) is 9.20 Å². The summed E-state index contributed by atoms with van der Waals surface area (Å²) in [5.74, 6) is 1.10. The predicted octanol–water partition coefficient (Wildman–Crippen LogP) is 1.81. The molecule has 0 spiro atoms. The number of hydrogen-bond acceptors (Lipinski definition) is 3. The number of nitrogens with one attached hydrogen (secondary N) is 1. The maximum Gasteiger partial charge on any atom is 0.221 e. The van der Waals surface area contributed by atoms with Crippen molar-refractivity contribution in [3.63, 3.8) is 0 Å². The van der Waals surface area contributed by atoms with E-state index in [1.165, 1.54) is 6.92 Å². The van der Waals surface area contributed by atoms with Crippen molar-refractivity contribution < 1.29 is 4.79 Å². The van der Waals surface area contributed by atoms with Crippen molar-refractivity contribution in [2.75, 3.05) is 5.32 Å². The molecule has 2 heterocycles. The fraction of sp³-hybridized carbons (Fsp3) is 0.364. The van der Waals surface area contributed by atoms with Crippen molar-refractivity contribution in [1.29, 1.82) is 0 Å². The van der Waals surface area contributed by atoms with Gasteiger partial charge in [0.05, 0.1) is 5.69 Å². The molecule has 0 aromatic carbocycles. The fourth-order valence-electron chi connectivity index (χ4n) is 1.58. The minimum atomic E-state index is -0.0847. The van der Waals surface area contributed by atoms with Crippen molar-refractivity contribution in [1.82, 2.24) is 14.6 Å². The third-order valence-electron chi connectivity index (χ3n) is 2.27. The number of carbonyl (C=O) groups is 1. The summed E-state index contributed by atoms with van der Waals surface area (Å²) in [5.41, 5.74) is 1.54. The van der Waals surface area contributed by atoms with Gasteiger partial charge >= 0.3 is 0 Å². The van der Waals surface area contributed by atoms with Crippen LogP contribution in [0.5, 0.6) is 0 Å². The largest absolute Gasteiger partial charge is 0.325 e. The highest BCUT2D eigenvalue weighted by Crippen LogP contribution is 2.16. The Kier molecular flexibility index (Phi) is 2.60. The number of pyridine rings is 1. The number of amides is 1. The Hall–Kier alpha value is -1.91. The van der Waals surface area contributed by atoms with E-state index in [1.54, 1.807) is 0 Å². The van der Waals surface area contributed by atoms with Gasteiger partial charge in [0.25, 0.3) is 0 Å². The zero-order valence-corrected chi connectivity index (χ0v) is 9.56. The van der Waals surface area contributed by atoms with Crippen molar-refractivity contribution in [2.24, 2.45) is 0 Å². The van der Waals surface area contributed by atoms with Gasteiger partial charge in [-0.15, -0.1) is 10.2 Å². The molecule has 0 bridgehead atoms. The number of anilines is 1. The maximum atomic E-state index is 11.0. The lowest BCUT2D eigenvalue weighted by atomic mass is 10.2. The van der Waals surface area contributed by atoms with Gasteiger partial charge < -0.3 is 5.32 Å². The molecule has 84 valence electrons. The second kappa shape index (κ2) is 3.92. The molecule has 0 aliphatic heterocycles. The summed E-state index contributed by atoms with van der Waals surface area (Å²) in [6, 6.07) is 3.65. The first kappa shape index (κ1) is 10.6. The van der Waals surface area contributed by atoms with Crippen LogP contribution in [0.3, 0.4) is 0 Å². The van der Waals surface area contributed by atoms with Crippen LogP contribution in [0.1, 0.15) is 32.5 Å². The molecule has 0 aliphatic carbocycles. The summed E-state index contributed by atoms with van der Waals surface area (Å²) in [7, 11) is 0. The zero-order chi connectivity index (χ0) is 11.7. The van der Waals surface area contributed by atoms with Crippen LogP contribution in [-0.4, -0.2) is 20.5 Å². The van der Waals surface area contributed by atoms with Gasteiger partial charge in [0.1, 0.15) is 5.82 Å². The highest BCUT2D eigenvalue weighted by molar-refractivity contribution is 5.88. The first-order valence-corrected chi connectivity index (χ1v) is 5.20. The predicted molar refractivity (Wildman–Crippen MR) is 61.4 cm³/mol. The van der Waals surface area contributed by atoms with E-state index in [4.69, 9.17) is 0 Å². The summed E-state index contributed by atoms with van der Waals surface area (Å²) in [5, 5.41) is 10.9. The summed E-state index contributed by atoms with van der Waals surface area (Å²) >= 11 is 0. The molecule has 2 aromatic heterocycles. The molecule has 5 nitrogen and oxygen atoms in total. The van der Waals surface area contributed by atoms with Crippen LogP contribution in [0.25, 0.3) is 5.65 Å². The van der Waals surface area contributed by atoms with Gasteiger partial charge in [-0.2, -0.15) is 0 Å². The molecule has 1 N–H and O–H groups in total. The van der Waals surface area contributed by atoms with Crippen LogP contribution in [-0.2, 0) is 4.79 Å². The monoisotopic (exact) mass is 218 g/mol. The molecule has 2 aromatic rings. The van der Waals surface area contributed by atoms with Crippen molar-refractivity contribution in [2.45, 2.75) is 26.7 Å². The molecule has 0 unspecified atom stereocenters. The standard InChI is InChI=1S/C11H14N4O/c1-7(2)11-14-13-10-5-4-9(6-15(10)11)12-8(3)16/h4-7H,1-3H3,(H,12,16). The molecule has 0 aliphatic rings. The molecule has 2 rings (SSSR count). The highest BCUT2D eigenvalue weighted by atomic mass is 16.1. The van der Waals surface area contributed by atoms with Gasteiger partial charge in [0.2, 0.25) is 5.91 Å². The minimum absolute atomic E-state index is 0.0847. The molecule has 1 amide bonds. The Morgan fingerprint density at radius 2 is 2.12 bits per heavy atom. The lowest BCUT2D eigenvalue weighted by Crippen LogP contribution is -2.07. The van der Waals surface area contributed by atoms with E-state index >= 15 is 0 Å². The van der Waals surface area contributed by atoms with Crippen LogP contribution in [0, 0.1) is 0 Å². The molecule has 0 fully saturated rings. The van der Waals surface area contributed by atoms with E-state index in [-0.39, 0.29) is 5.91 Å². The van der Waals surface area contributed by atoms with Crippen molar-refractivity contribution in [3.8, 4) is 0 Å². The topological polar surface area (TPSA) is 59.3 Å². The van der Waals surface area contributed by atoms with E-state index in [0.717, 1.165) is 17.2 Å². The van der Waals surface area contributed by atoms with E-state index in [1.807, 2.05) is 22.7 Å². The second-order valence-corrected chi connectivity index (χ2v) is 4.04. The molecule has 0 radical (unpaired) electrons.